The first kappa shape index (κ1) is 19.8. The second kappa shape index (κ2) is 12.9. The van der Waals surface area contributed by atoms with Crippen LogP contribution < -0.4 is 5.32 Å². The molecule has 3 heteroatoms. The number of phenols is 1. The van der Waals surface area contributed by atoms with E-state index in [4.69, 9.17) is 5.11 Å². The number of aromatic hydroxyl groups is 1. The van der Waals surface area contributed by atoms with Crippen molar-refractivity contribution in [3.63, 3.8) is 0 Å². The lowest BCUT2D eigenvalue weighted by molar-refractivity contribution is -0.120. The first-order chi connectivity index (χ1) is 8.95. The molecule has 1 aromatic rings. The second-order valence-corrected chi connectivity index (χ2v) is 4.53. The number of phenolic OH excluding ortho intramolecular Hbond substituents is 1. The minimum Gasteiger partial charge on any atom is -0.508 e. The van der Waals surface area contributed by atoms with Crippen molar-refractivity contribution >= 4 is 5.91 Å². The van der Waals surface area contributed by atoms with Crippen molar-refractivity contribution in [3.05, 3.63) is 29.8 Å². The number of hydrogen-bond acceptors (Lipinski definition) is 2. The van der Waals surface area contributed by atoms with Gasteiger partial charge >= 0.3 is 0 Å². The van der Waals surface area contributed by atoms with Gasteiger partial charge in [-0.1, -0.05) is 46.8 Å². The molecule has 0 unspecified atom stereocenters. The third-order valence-electron chi connectivity index (χ3n) is 1.67. The molecule has 3 nitrogen and oxygen atoms in total. The zero-order valence-corrected chi connectivity index (χ0v) is 13.2. The quantitative estimate of drug-likeness (QED) is 0.876. The summed E-state index contributed by atoms with van der Waals surface area (Å²) in [5.74, 6) is 1.06. The lowest BCUT2D eigenvalue weighted by Gasteiger charge is -2.01. The van der Waals surface area contributed by atoms with Gasteiger partial charge in [-0.05, 0) is 30.5 Å². The Labute approximate surface area is 118 Å². The summed E-state index contributed by atoms with van der Waals surface area (Å²) in [5, 5.41) is 11.7. The van der Waals surface area contributed by atoms with Gasteiger partial charge in [0.1, 0.15) is 5.75 Å². The summed E-state index contributed by atoms with van der Waals surface area (Å²) < 4.78 is 0. The average molecular weight is 267 g/mol. The predicted octanol–water partition coefficient (Wildman–Crippen LogP) is 3.76. The van der Waals surface area contributed by atoms with Crippen LogP contribution in [0.5, 0.6) is 5.75 Å². The normalized spacial score (nSPS) is 8.79. The van der Waals surface area contributed by atoms with E-state index in [1.165, 1.54) is 0 Å². The predicted molar refractivity (Wildman–Crippen MR) is 82.4 cm³/mol. The Morgan fingerprint density at radius 3 is 1.95 bits per heavy atom. The van der Waals surface area contributed by atoms with Crippen molar-refractivity contribution in [3.8, 4) is 5.75 Å². The summed E-state index contributed by atoms with van der Waals surface area (Å²) in [6.07, 6.45) is 0.369. The maximum atomic E-state index is 11.1. The standard InChI is InChI=1S/C10H13NO2.C4H10.C2H6/c1-2-11-10(13)7-8-3-5-9(12)6-4-8;1-4(2)3;1-2/h3-6,12H,2,7H2,1H3,(H,11,13);4H,1-3H3;1-2H3. The van der Waals surface area contributed by atoms with Crippen LogP contribution in [-0.2, 0) is 11.2 Å². The van der Waals surface area contributed by atoms with Crippen molar-refractivity contribution < 1.29 is 9.90 Å². The van der Waals surface area contributed by atoms with Crippen LogP contribution in [0.1, 0.15) is 47.1 Å². The first-order valence-corrected chi connectivity index (χ1v) is 7.00. The molecule has 0 aromatic heterocycles. The van der Waals surface area contributed by atoms with Gasteiger partial charge in [0.25, 0.3) is 0 Å². The maximum Gasteiger partial charge on any atom is 0.224 e. The monoisotopic (exact) mass is 267 g/mol. The van der Waals surface area contributed by atoms with Crippen LogP contribution in [0.2, 0.25) is 0 Å². The van der Waals surface area contributed by atoms with E-state index in [0.29, 0.717) is 13.0 Å². The Hall–Kier alpha value is -1.51. The Morgan fingerprint density at radius 2 is 1.58 bits per heavy atom. The van der Waals surface area contributed by atoms with Crippen molar-refractivity contribution in [2.45, 2.75) is 48.0 Å². The van der Waals surface area contributed by atoms with E-state index in [1.54, 1.807) is 24.3 Å². The van der Waals surface area contributed by atoms with Crippen LogP contribution >= 0.6 is 0 Å². The number of nitrogens with one attached hydrogen (secondary N) is 1. The van der Waals surface area contributed by atoms with Gasteiger partial charge < -0.3 is 10.4 Å². The molecule has 19 heavy (non-hydrogen) atoms. The summed E-state index contributed by atoms with van der Waals surface area (Å²) in [5.41, 5.74) is 0.906. The van der Waals surface area contributed by atoms with E-state index < -0.39 is 0 Å². The van der Waals surface area contributed by atoms with Gasteiger partial charge in [-0.3, -0.25) is 4.79 Å². The van der Waals surface area contributed by atoms with Gasteiger partial charge in [0, 0.05) is 6.54 Å². The lowest BCUT2D eigenvalue weighted by Crippen LogP contribution is -2.24. The first-order valence-electron chi connectivity index (χ1n) is 7.00. The summed E-state index contributed by atoms with van der Waals surface area (Å²) in [4.78, 5) is 11.1. The van der Waals surface area contributed by atoms with Crippen LogP contribution in [0.15, 0.2) is 24.3 Å². The van der Waals surface area contributed by atoms with Crippen molar-refractivity contribution in [1.82, 2.24) is 5.32 Å². The number of benzene rings is 1. The molecule has 0 aliphatic carbocycles. The number of carbonyl (C=O) groups excluding carboxylic acids is 1. The van der Waals surface area contributed by atoms with Crippen LogP contribution in [0.3, 0.4) is 0 Å². The smallest absolute Gasteiger partial charge is 0.224 e. The van der Waals surface area contributed by atoms with Gasteiger partial charge in [-0.15, -0.1) is 0 Å². The van der Waals surface area contributed by atoms with Gasteiger partial charge in [0.15, 0.2) is 0 Å². The highest BCUT2D eigenvalue weighted by molar-refractivity contribution is 5.78. The number of rotatable bonds is 3. The molecular weight excluding hydrogens is 238 g/mol. The molecule has 0 heterocycles. The molecule has 0 atom stereocenters. The molecule has 0 radical (unpaired) electrons. The van der Waals surface area contributed by atoms with E-state index in [-0.39, 0.29) is 11.7 Å². The molecule has 0 aliphatic heterocycles. The Morgan fingerprint density at radius 1 is 1.16 bits per heavy atom. The minimum atomic E-state index is 0.00758. The summed E-state index contributed by atoms with van der Waals surface area (Å²) in [6, 6.07) is 6.64. The van der Waals surface area contributed by atoms with Gasteiger partial charge in [-0.25, -0.2) is 0 Å². The van der Waals surface area contributed by atoms with E-state index in [2.05, 4.69) is 26.1 Å². The van der Waals surface area contributed by atoms with E-state index in [1.807, 2.05) is 20.8 Å². The number of carbonyl (C=O) groups is 1. The fraction of sp³-hybridized carbons (Fsp3) is 0.562. The van der Waals surface area contributed by atoms with Gasteiger partial charge in [-0.2, -0.15) is 0 Å². The summed E-state index contributed by atoms with van der Waals surface area (Å²) >= 11 is 0. The van der Waals surface area contributed by atoms with E-state index in [0.717, 1.165) is 11.5 Å². The Kier molecular flexibility index (Phi) is 13.5. The largest absolute Gasteiger partial charge is 0.508 e. The highest BCUT2D eigenvalue weighted by Gasteiger charge is 2.00. The average Bonchev–Trinajstić information content (AvgIpc) is 2.34. The minimum absolute atomic E-state index is 0.00758. The van der Waals surface area contributed by atoms with Gasteiger partial charge in [0.2, 0.25) is 5.91 Å². The topological polar surface area (TPSA) is 49.3 Å². The summed E-state index contributed by atoms with van der Waals surface area (Å²) in [6.45, 7) is 13.0. The Bertz CT molecular complexity index is 315. The number of amides is 1. The zero-order valence-electron chi connectivity index (χ0n) is 13.2. The molecular formula is C16H29NO2. The molecule has 0 saturated carbocycles. The van der Waals surface area contributed by atoms with E-state index >= 15 is 0 Å². The van der Waals surface area contributed by atoms with Crippen LogP contribution in [0, 0.1) is 5.92 Å². The maximum absolute atomic E-state index is 11.1. The number of likely N-dealkylation sites (N-methyl/N-ethyl adjacent to an activating group) is 1. The van der Waals surface area contributed by atoms with Crippen molar-refractivity contribution in [1.29, 1.82) is 0 Å². The lowest BCUT2D eigenvalue weighted by atomic mass is 10.1. The Balaban J connectivity index is 0. The SMILES string of the molecule is CC.CC(C)C.CCNC(=O)Cc1ccc(O)cc1. The highest BCUT2D eigenvalue weighted by Crippen LogP contribution is 2.09. The molecule has 110 valence electrons. The molecule has 0 bridgehead atoms. The molecule has 1 rings (SSSR count). The molecule has 0 aliphatic rings. The van der Waals surface area contributed by atoms with Crippen LogP contribution in [0.4, 0.5) is 0 Å². The molecule has 1 aromatic carbocycles. The second-order valence-electron chi connectivity index (χ2n) is 4.53. The van der Waals surface area contributed by atoms with Crippen LogP contribution in [-0.4, -0.2) is 17.6 Å². The molecule has 0 spiro atoms. The fourth-order valence-corrected chi connectivity index (χ4v) is 1.06. The van der Waals surface area contributed by atoms with E-state index in [9.17, 15) is 4.79 Å². The van der Waals surface area contributed by atoms with Crippen LogP contribution in [0.25, 0.3) is 0 Å². The van der Waals surface area contributed by atoms with Crippen molar-refractivity contribution in [2.24, 2.45) is 5.92 Å². The van der Waals surface area contributed by atoms with Crippen molar-refractivity contribution in [2.75, 3.05) is 6.54 Å². The van der Waals surface area contributed by atoms with Gasteiger partial charge in [0.05, 0.1) is 6.42 Å². The molecule has 0 saturated heterocycles. The highest BCUT2D eigenvalue weighted by atomic mass is 16.3. The fourth-order valence-electron chi connectivity index (χ4n) is 1.06. The third-order valence-corrected chi connectivity index (χ3v) is 1.67. The zero-order chi connectivity index (χ0) is 15.3. The third kappa shape index (κ3) is 14.4. The molecule has 1 amide bonds. The summed E-state index contributed by atoms with van der Waals surface area (Å²) in [7, 11) is 0. The number of hydrogen-bond donors (Lipinski definition) is 2. The molecule has 0 fully saturated rings. The molecule has 2 N–H and O–H groups in total.